The van der Waals surface area contributed by atoms with Crippen molar-refractivity contribution < 1.29 is 13.9 Å². The SMILES string of the molecule is CCOc1cccc(N)c1C(=O)Nc1cc(F)ccc1Br. The molecule has 0 bridgehead atoms. The minimum Gasteiger partial charge on any atom is -0.493 e. The van der Waals surface area contributed by atoms with Crippen LogP contribution in [0.3, 0.4) is 0 Å². The van der Waals surface area contributed by atoms with Gasteiger partial charge in [0, 0.05) is 10.2 Å². The highest BCUT2D eigenvalue weighted by Crippen LogP contribution is 2.28. The lowest BCUT2D eigenvalue weighted by atomic mass is 10.1. The van der Waals surface area contributed by atoms with Gasteiger partial charge in [0.2, 0.25) is 0 Å². The lowest BCUT2D eigenvalue weighted by molar-refractivity contribution is 0.102. The summed E-state index contributed by atoms with van der Waals surface area (Å²) in [7, 11) is 0. The maximum atomic E-state index is 13.3. The first kappa shape index (κ1) is 15.3. The first-order valence-corrected chi connectivity index (χ1v) is 7.10. The quantitative estimate of drug-likeness (QED) is 0.822. The van der Waals surface area contributed by atoms with E-state index < -0.39 is 11.7 Å². The average molecular weight is 353 g/mol. The lowest BCUT2D eigenvalue weighted by Crippen LogP contribution is -2.16. The Balaban J connectivity index is 2.34. The van der Waals surface area contributed by atoms with E-state index in [0.717, 1.165) is 0 Å². The second-order valence-corrected chi connectivity index (χ2v) is 5.09. The van der Waals surface area contributed by atoms with Gasteiger partial charge in [-0.1, -0.05) is 6.07 Å². The molecule has 0 aliphatic heterocycles. The Morgan fingerprint density at radius 2 is 2.14 bits per heavy atom. The molecule has 0 heterocycles. The zero-order valence-electron chi connectivity index (χ0n) is 11.3. The number of carbonyl (C=O) groups is 1. The second kappa shape index (κ2) is 6.58. The number of nitrogen functional groups attached to an aromatic ring is 1. The van der Waals surface area contributed by atoms with Gasteiger partial charge >= 0.3 is 0 Å². The third-order valence-electron chi connectivity index (χ3n) is 2.76. The number of nitrogens with one attached hydrogen (secondary N) is 1. The summed E-state index contributed by atoms with van der Waals surface area (Å²) in [6.07, 6.45) is 0. The molecule has 1 amide bonds. The summed E-state index contributed by atoms with van der Waals surface area (Å²) >= 11 is 3.26. The number of amides is 1. The zero-order chi connectivity index (χ0) is 15.4. The molecule has 2 rings (SSSR count). The molecule has 0 saturated heterocycles. The van der Waals surface area contributed by atoms with Crippen LogP contribution in [0.4, 0.5) is 15.8 Å². The molecule has 21 heavy (non-hydrogen) atoms. The van der Waals surface area contributed by atoms with Gasteiger partial charge in [-0.3, -0.25) is 4.79 Å². The maximum absolute atomic E-state index is 13.3. The zero-order valence-corrected chi connectivity index (χ0v) is 12.9. The number of hydrogen-bond donors (Lipinski definition) is 2. The van der Waals surface area contributed by atoms with Crippen LogP contribution in [0.2, 0.25) is 0 Å². The van der Waals surface area contributed by atoms with Crippen molar-refractivity contribution in [2.45, 2.75) is 6.92 Å². The molecule has 6 heteroatoms. The molecule has 4 nitrogen and oxygen atoms in total. The molecule has 0 aliphatic rings. The van der Waals surface area contributed by atoms with Gasteiger partial charge in [-0.05, 0) is 53.2 Å². The van der Waals surface area contributed by atoms with Gasteiger partial charge in [-0.2, -0.15) is 0 Å². The van der Waals surface area contributed by atoms with Crippen LogP contribution in [-0.2, 0) is 0 Å². The van der Waals surface area contributed by atoms with E-state index >= 15 is 0 Å². The monoisotopic (exact) mass is 352 g/mol. The molecule has 2 aromatic carbocycles. The summed E-state index contributed by atoms with van der Waals surface area (Å²) < 4.78 is 19.2. The van der Waals surface area contributed by atoms with Crippen LogP contribution in [0.1, 0.15) is 17.3 Å². The number of carbonyl (C=O) groups excluding carboxylic acids is 1. The normalized spacial score (nSPS) is 10.2. The molecule has 0 atom stereocenters. The Morgan fingerprint density at radius 3 is 2.86 bits per heavy atom. The Bertz CT molecular complexity index is 677. The summed E-state index contributed by atoms with van der Waals surface area (Å²) in [5, 5.41) is 2.62. The first-order valence-electron chi connectivity index (χ1n) is 6.30. The predicted octanol–water partition coefficient (Wildman–Crippen LogP) is 3.82. The molecule has 0 aromatic heterocycles. The standard InChI is InChI=1S/C15H14BrFN2O2/c1-2-21-13-5-3-4-11(18)14(13)15(20)19-12-8-9(17)6-7-10(12)16/h3-8H,2,18H2,1H3,(H,19,20). The minimum absolute atomic E-state index is 0.232. The predicted molar refractivity (Wildman–Crippen MR) is 84.1 cm³/mol. The fraction of sp³-hybridized carbons (Fsp3) is 0.133. The van der Waals surface area contributed by atoms with E-state index in [1.807, 2.05) is 6.92 Å². The molecule has 0 saturated carbocycles. The van der Waals surface area contributed by atoms with Crippen molar-refractivity contribution in [3.05, 3.63) is 52.3 Å². The summed E-state index contributed by atoms with van der Waals surface area (Å²) in [5.74, 6) is -0.509. The fourth-order valence-corrected chi connectivity index (χ4v) is 2.19. The number of benzene rings is 2. The molecule has 110 valence electrons. The third kappa shape index (κ3) is 3.52. The van der Waals surface area contributed by atoms with Crippen LogP contribution in [0.5, 0.6) is 5.75 Å². The topological polar surface area (TPSA) is 64.3 Å². The fourth-order valence-electron chi connectivity index (χ4n) is 1.84. The van der Waals surface area contributed by atoms with Crippen LogP contribution >= 0.6 is 15.9 Å². The highest BCUT2D eigenvalue weighted by atomic mass is 79.9. The molecule has 0 spiro atoms. The van der Waals surface area contributed by atoms with Crippen LogP contribution in [0.25, 0.3) is 0 Å². The Labute approximate surface area is 130 Å². The third-order valence-corrected chi connectivity index (χ3v) is 3.45. The minimum atomic E-state index is -0.456. The van der Waals surface area contributed by atoms with E-state index in [1.54, 1.807) is 18.2 Å². The van der Waals surface area contributed by atoms with Crippen molar-refractivity contribution in [3.8, 4) is 5.75 Å². The molecular formula is C15H14BrFN2O2. The Hall–Kier alpha value is -2.08. The van der Waals surface area contributed by atoms with E-state index in [0.29, 0.717) is 28.2 Å². The highest BCUT2D eigenvalue weighted by Gasteiger charge is 2.17. The molecule has 0 aliphatic carbocycles. The van der Waals surface area contributed by atoms with E-state index in [9.17, 15) is 9.18 Å². The molecule has 3 N–H and O–H groups in total. The molecule has 0 radical (unpaired) electrons. The Kier molecular flexibility index (Phi) is 4.80. The number of hydrogen-bond acceptors (Lipinski definition) is 3. The van der Waals surface area contributed by atoms with Crippen molar-refractivity contribution in [2.24, 2.45) is 0 Å². The van der Waals surface area contributed by atoms with Crippen LogP contribution in [0.15, 0.2) is 40.9 Å². The van der Waals surface area contributed by atoms with Crippen molar-refractivity contribution in [3.63, 3.8) is 0 Å². The molecule has 2 aromatic rings. The van der Waals surface area contributed by atoms with Gasteiger partial charge in [-0.25, -0.2) is 4.39 Å². The second-order valence-electron chi connectivity index (χ2n) is 4.23. The summed E-state index contributed by atoms with van der Waals surface area (Å²) in [6.45, 7) is 2.22. The molecule has 0 unspecified atom stereocenters. The van der Waals surface area contributed by atoms with Gasteiger partial charge < -0.3 is 15.8 Å². The molecular weight excluding hydrogens is 339 g/mol. The van der Waals surface area contributed by atoms with E-state index in [2.05, 4.69) is 21.2 Å². The van der Waals surface area contributed by atoms with Crippen molar-refractivity contribution >= 4 is 33.2 Å². The van der Waals surface area contributed by atoms with Gasteiger partial charge in [0.05, 0.1) is 12.3 Å². The lowest BCUT2D eigenvalue weighted by Gasteiger charge is -2.13. The highest BCUT2D eigenvalue weighted by molar-refractivity contribution is 9.10. The number of nitrogens with two attached hydrogens (primary N) is 1. The summed E-state index contributed by atoms with van der Waals surface area (Å²) in [5.41, 5.74) is 6.70. The number of rotatable bonds is 4. The van der Waals surface area contributed by atoms with Gasteiger partial charge in [0.15, 0.2) is 0 Å². The van der Waals surface area contributed by atoms with E-state index in [1.165, 1.54) is 18.2 Å². The van der Waals surface area contributed by atoms with Crippen molar-refractivity contribution in [2.75, 3.05) is 17.7 Å². The van der Waals surface area contributed by atoms with Crippen LogP contribution < -0.4 is 15.8 Å². The van der Waals surface area contributed by atoms with E-state index in [4.69, 9.17) is 10.5 Å². The number of halogens is 2. The number of ether oxygens (including phenoxy) is 1. The summed E-state index contributed by atoms with van der Waals surface area (Å²) in [6, 6.07) is 9.01. The largest absolute Gasteiger partial charge is 0.493 e. The maximum Gasteiger partial charge on any atom is 0.261 e. The van der Waals surface area contributed by atoms with Crippen molar-refractivity contribution in [1.29, 1.82) is 0 Å². The van der Waals surface area contributed by atoms with Crippen LogP contribution in [0, 0.1) is 5.82 Å². The molecule has 0 fully saturated rings. The van der Waals surface area contributed by atoms with Gasteiger partial charge in [0.25, 0.3) is 5.91 Å². The van der Waals surface area contributed by atoms with Crippen LogP contribution in [-0.4, -0.2) is 12.5 Å². The van der Waals surface area contributed by atoms with Gasteiger partial charge in [-0.15, -0.1) is 0 Å². The van der Waals surface area contributed by atoms with Crippen molar-refractivity contribution in [1.82, 2.24) is 0 Å². The average Bonchev–Trinajstić information content (AvgIpc) is 2.43. The summed E-state index contributed by atoms with van der Waals surface area (Å²) in [4.78, 5) is 12.4. The first-order chi connectivity index (χ1) is 10.0. The van der Waals surface area contributed by atoms with Gasteiger partial charge in [0.1, 0.15) is 17.1 Å². The number of anilines is 2. The Morgan fingerprint density at radius 1 is 1.38 bits per heavy atom. The smallest absolute Gasteiger partial charge is 0.261 e. The van der Waals surface area contributed by atoms with E-state index in [-0.39, 0.29) is 5.56 Å².